The van der Waals surface area contributed by atoms with Crippen LogP contribution in [0.3, 0.4) is 0 Å². The monoisotopic (exact) mass is 180 g/mol. The Morgan fingerprint density at radius 1 is 1.62 bits per heavy atom. The molecule has 72 valence electrons. The second-order valence-corrected chi connectivity index (χ2v) is 3.18. The SMILES string of the molecule is CCC(O)CCc1cnccc1N. The van der Waals surface area contributed by atoms with E-state index in [4.69, 9.17) is 5.73 Å². The molecule has 1 aromatic rings. The zero-order chi connectivity index (χ0) is 9.68. The van der Waals surface area contributed by atoms with Gasteiger partial charge in [0.15, 0.2) is 0 Å². The molecule has 0 aromatic carbocycles. The van der Waals surface area contributed by atoms with Gasteiger partial charge in [0.1, 0.15) is 0 Å². The van der Waals surface area contributed by atoms with Crippen LogP contribution in [0.25, 0.3) is 0 Å². The van der Waals surface area contributed by atoms with Crippen molar-refractivity contribution in [2.75, 3.05) is 5.73 Å². The minimum absolute atomic E-state index is 0.223. The standard InChI is InChI=1S/C10H16N2O/c1-2-9(13)4-3-8-7-12-6-5-10(8)11/h5-7,9,13H,2-4H2,1H3,(H2,11,12). The van der Waals surface area contributed by atoms with E-state index >= 15 is 0 Å². The molecule has 0 aliphatic rings. The molecule has 1 rings (SSSR count). The van der Waals surface area contributed by atoms with Crippen LogP contribution in [0.4, 0.5) is 5.69 Å². The summed E-state index contributed by atoms with van der Waals surface area (Å²) in [5, 5.41) is 9.35. The number of pyridine rings is 1. The summed E-state index contributed by atoms with van der Waals surface area (Å²) < 4.78 is 0. The minimum atomic E-state index is -0.223. The van der Waals surface area contributed by atoms with Gasteiger partial charge in [-0.15, -0.1) is 0 Å². The van der Waals surface area contributed by atoms with Gasteiger partial charge >= 0.3 is 0 Å². The predicted molar refractivity (Wildman–Crippen MR) is 53.3 cm³/mol. The highest BCUT2D eigenvalue weighted by molar-refractivity contribution is 5.44. The summed E-state index contributed by atoms with van der Waals surface area (Å²) in [6.45, 7) is 1.97. The average molecular weight is 180 g/mol. The van der Waals surface area contributed by atoms with Gasteiger partial charge in [-0.2, -0.15) is 0 Å². The van der Waals surface area contributed by atoms with E-state index in [1.165, 1.54) is 0 Å². The quantitative estimate of drug-likeness (QED) is 0.735. The molecule has 0 saturated carbocycles. The Morgan fingerprint density at radius 3 is 3.00 bits per heavy atom. The number of hydrogen-bond acceptors (Lipinski definition) is 3. The largest absolute Gasteiger partial charge is 0.398 e. The number of aryl methyl sites for hydroxylation is 1. The summed E-state index contributed by atoms with van der Waals surface area (Å²) in [6, 6.07) is 1.79. The van der Waals surface area contributed by atoms with Crippen LogP contribution in [0, 0.1) is 0 Å². The molecule has 0 radical (unpaired) electrons. The van der Waals surface area contributed by atoms with Crippen molar-refractivity contribution in [3.05, 3.63) is 24.0 Å². The molecule has 3 nitrogen and oxygen atoms in total. The van der Waals surface area contributed by atoms with Gasteiger partial charge in [-0.05, 0) is 30.9 Å². The van der Waals surface area contributed by atoms with Gasteiger partial charge in [0.2, 0.25) is 0 Å². The number of hydrogen-bond donors (Lipinski definition) is 2. The lowest BCUT2D eigenvalue weighted by molar-refractivity contribution is 0.160. The number of aliphatic hydroxyl groups is 1. The molecule has 3 N–H and O–H groups in total. The molecule has 0 aliphatic heterocycles. The summed E-state index contributed by atoms with van der Waals surface area (Å²) >= 11 is 0. The fourth-order valence-electron chi connectivity index (χ4n) is 1.17. The molecule has 1 heterocycles. The second-order valence-electron chi connectivity index (χ2n) is 3.18. The lowest BCUT2D eigenvalue weighted by atomic mass is 10.1. The van der Waals surface area contributed by atoms with Crippen LogP contribution >= 0.6 is 0 Å². The van der Waals surface area contributed by atoms with E-state index in [0.717, 1.165) is 30.5 Å². The number of aliphatic hydroxyl groups excluding tert-OH is 1. The van der Waals surface area contributed by atoms with Crippen molar-refractivity contribution >= 4 is 5.69 Å². The van der Waals surface area contributed by atoms with E-state index in [0.29, 0.717) is 0 Å². The Kier molecular flexibility index (Phi) is 3.71. The van der Waals surface area contributed by atoms with Crippen LogP contribution in [0.5, 0.6) is 0 Å². The maximum Gasteiger partial charge on any atom is 0.0540 e. The van der Waals surface area contributed by atoms with Gasteiger partial charge in [-0.25, -0.2) is 0 Å². The Balaban J connectivity index is 2.50. The van der Waals surface area contributed by atoms with E-state index in [-0.39, 0.29) is 6.10 Å². The molecule has 0 spiro atoms. The predicted octanol–water partition coefficient (Wildman–Crippen LogP) is 1.37. The molecule has 3 heteroatoms. The van der Waals surface area contributed by atoms with Gasteiger partial charge in [-0.3, -0.25) is 4.98 Å². The van der Waals surface area contributed by atoms with Crippen molar-refractivity contribution in [3.8, 4) is 0 Å². The first kappa shape index (κ1) is 9.99. The maximum absolute atomic E-state index is 9.35. The van der Waals surface area contributed by atoms with Crippen LogP contribution in [-0.2, 0) is 6.42 Å². The van der Waals surface area contributed by atoms with Crippen molar-refractivity contribution in [1.82, 2.24) is 4.98 Å². The third-order valence-corrected chi connectivity index (χ3v) is 2.16. The molecule has 1 atom stereocenters. The minimum Gasteiger partial charge on any atom is -0.398 e. The zero-order valence-electron chi connectivity index (χ0n) is 7.90. The number of nitrogens with two attached hydrogens (primary N) is 1. The number of nitrogens with zero attached hydrogens (tertiary/aromatic N) is 1. The fourth-order valence-corrected chi connectivity index (χ4v) is 1.17. The van der Waals surface area contributed by atoms with Gasteiger partial charge in [0, 0.05) is 18.1 Å². The third-order valence-electron chi connectivity index (χ3n) is 2.16. The van der Waals surface area contributed by atoms with Crippen LogP contribution < -0.4 is 5.73 Å². The maximum atomic E-state index is 9.35. The lowest BCUT2D eigenvalue weighted by Crippen LogP contribution is -2.06. The fraction of sp³-hybridized carbons (Fsp3) is 0.500. The summed E-state index contributed by atoms with van der Waals surface area (Å²) in [4.78, 5) is 3.99. The highest BCUT2D eigenvalue weighted by Crippen LogP contribution is 2.12. The first-order valence-corrected chi connectivity index (χ1v) is 4.60. The zero-order valence-corrected chi connectivity index (χ0v) is 7.90. The van der Waals surface area contributed by atoms with Crippen molar-refractivity contribution in [1.29, 1.82) is 0 Å². The topological polar surface area (TPSA) is 59.1 Å². The second kappa shape index (κ2) is 4.82. The van der Waals surface area contributed by atoms with Gasteiger partial charge < -0.3 is 10.8 Å². The van der Waals surface area contributed by atoms with Crippen molar-refractivity contribution < 1.29 is 5.11 Å². The number of anilines is 1. The van der Waals surface area contributed by atoms with E-state index in [1.807, 2.05) is 6.92 Å². The van der Waals surface area contributed by atoms with E-state index in [2.05, 4.69) is 4.98 Å². The molecule has 1 unspecified atom stereocenters. The van der Waals surface area contributed by atoms with Crippen molar-refractivity contribution in [3.63, 3.8) is 0 Å². The third kappa shape index (κ3) is 3.03. The van der Waals surface area contributed by atoms with E-state index < -0.39 is 0 Å². The molecule has 13 heavy (non-hydrogen) atoms. The Morgan fingerprint density at radius 2 is 2.38 bits per heavy atom. The normalized spacial score (nSPS) is 12.8. The molecular weight excluding hydrogens is 164 g/mol. The Hall–Kier alpha value is -1.09. The van der Waals surface area contributed by atoms with Crippen LogP contribution in [0.15, 0.2) is 18.5 Å². The van der Waals surface area contributed by atoms with E-state index in [9.17, 15) is 5.11 Å². The molecule has 0 aliphatic carbocycles. The van der Waals surface area contributed by atoms with Crippen LogP contribution in [-0.4, -0.2) is 16.2 Å². The first-order valence-electron chi connectivity index (χ1n) is 4.60. The highest BCUT2D eigenvalue weighted by Gasteiger charge is 2.03. The molecular formula is C10H16N2O. The summed E-state index contributed by atoms with van der Waals surface area (Å²) in [6.07, 6.45) is 5.56. The van der Waals surface area contributed by atoms with E-state index in [1.54, 1.807) is 18.5 Å². The van der Waals surface area contributed by atoms with Gasteiger partial charge in [0.05, 0.1) is 6.10 Å². The molecule has 0 saturated heterocycles. The van der Waals surface area contributed by atoms with Crippen molar-refractivity contribution in [2.24, 2.45) is 0 Å². The summed E-state index contributed by atoms with van der Waals surface area (Å²) in [5.74, 6) is 0. The highest BCUT2D eigenvalue weighted by atomic mass is 16.3. The van der Waals surface area contributed by atoms with Gasteiger partial charge in [0.25, 0.3) is 0 Å². The lowest BCUT2D eigenvalue weighted by Gasteiger charge is -2.08. The average Bonchev–Trinajstić information content (AvgIpc) is 2.16. The van der Waals surface area contributed by atoms with Crippen LogP contribution in [0.2, 0.25) is 0 Å². The van der Waals surface area contributed by atoms with Crippen molar-refractivity contribution in [2.45, 2.75) is 32.3 Å². The Labute approximate surface area is 78.6 Å². The number of aromatic nitrogens is 1. The molecule has 0 fully saturated rings. The molecule has 0 bridgehead atoms. The van der Waals surface area contributed by atoms with Gasteiger partial charge in [-0.1, -0.05) is 6.92 Å². The number of rotatable bonds is 4. The molecule has 1 aromatic heterocycles. The smallest absolute Gasteiger partial charge is 0.0540 e. The Bertz CT molecular complexity index is 263. The summed E-state index contributed by atoms with van der Waals surface area (Å²) in [5.41, 5.74) is 7.51. The summed E-state index contributed by atoms with van der Waals surface area (Å²) in [7, 11) is 0. The van der Waals surface area contributed by atoms with Crippen LogP contribution in [0.1, 0.15) is 25.3 Å². The molecule has 0 amide bonds. The first-order chi connectivity index (χ1) is 6.24. The number of nitrogen functional groups attached to an aromatic ring is 1.